The molecule has 1 unspecified atom stereocenters. The summed E-state index contributed by atoms with van der Waals surface area (Å²) >= 11 is 2.76. The van der Waals surface area contributed by atoms with E-state index in [-0.39, 0.29) is 28.9 Å². The Bertz CT molecular complexity index is 1510. The van der Waals surface area contributed by atoms with E-state index in [1.165, 1.54) is 65.6 Å². The van der Waals surface area contributed by atoms with Gasteiger partial charge in [-0.3, -0.25) is 0 Å². The largest absolute Gasteiger partial charge is 0.512 e. The second kappa shape index (κ2) is 11.6. The van der Waals surface area contributed by atoms with Crippen LogP contribution < -0.4 is 0 Å². The highest BCUT2D eigenvalue weighted by molar-refractivity contribution is 7.99. The van der Waals surface area contributed by atoms with E-state index < -0.39 is 17.6 Å². The number of aliphatic hydroxyl groups is 1. The molecular formula is C29H24F4N2O2S2. The molecule has 3 N–H and O–H groups in total. The first-order valence-electron chi connectivity index (χ1n) is 11.8. The SMILES string of the molecule is Cc1cc(SC(C/C(O)=C/C(=N)c2ccc(F)cc2)c2sc(-c3ccc(C(F)(F)F)cc3)nc2C)ccc1O. The molecule has 1 aromatic heterocycles. The van der Waals surface area contributed by atoms with Crippen molar-refractivity contribution in [2.24, 2.45) is 0 Å². The number of nitrogens with zero attached hydrogens (tertiary/aromatic N) is 1. The van der Waals surface area contributed by atoms with Crippen LogP contribution in [0, 0.1) is 25.1 Å². The van der Waals surface area contributed by atoms with Gasteiger partial charge in [0.05, 0.1) is 28.0 Å². The number of phenolic OH excluding ortho intramolecular Hbond substituents is 1. The molecule has 4 nitrogen and oxygen atoms in total. The first-order chi connectivity index (χ1) is 18.4. The fourth-order valence-electron chi connectivity index (χ4n) is 3.81. The van der Waals surface area contributed by atoms with Crippen LogP contribution >= 0.6 is 23.1 Å². The summed E-state index contributed by atoms with van der Waals surface area (Å²) in [6.45, 7) is 3.58. The minimum absolute atomic E-state index is 0.0168. The number of hydrogen-bond donors (Lipinski definition) is 3. The van der Waals surface area contributed by atoms with Crippen molar-refractivity contribution in [3.05, 3.63) is 112 Å². The monoisotopic (exact) mass is 572 g/mol. The highest BCUT2D eigenvalue weighted by atomic mass is 32.2. The molecular weight excluding hydrogens is 548 g/mol. The quantitative estimate of drug-likeness (QED) is 0.0852. The Kier molecular flexibility index (Phi) is 8.46. The molecule has 0 amide bonds. The highest BCUT2D eigenvalue weighted by Gasteiger charge is 2.30. The molecule has 0 aliphatic heterocycles. The number of nitrogens with one attached hydrogen (secondary N) is 1. The van der Waals surface area contributed by atoms with Gasteiger partial charge < -0.3 is 15.6 Å². The van der Waals surface area contributed by atoms with E-state index in [1.807, 2.05) is 6.07 Å². The van der Waals surface area contributed by atoms with Crippen molar-refractivity contribution >= 4 is 28.8 Å². The van der Waals surface area contributed by atoms with Crippen molar-refractivity contribution in [3.8, 4) is 16.3 Å². The molecule has 0 fully saturated rings. The third-order valence-electron chi connectivity index (χ3n) is 5.89. The Hall–Kier alpha value is -3.63. The minimum Gasteiger partial charge on any atom is -0.512 e. The van der Waals surface area contributed by atoms with Crippen LogP contribution in [-0.4, -0.2) is 20.9 Å². The van der Waals surface area contributed by atoms with Crippen LogP contribution in [0.15, 0.2) is 83.5 Å². The average molecular weight is 573 g/mol. The molecule has 0 bridgehead atoms. The van der Waals surface area contributed by atoms with E-state index in [4.69, 9.17) is 5.41 Å². The number of aliphatic hydroxyl groups excluding tert-OH is 1. The summed E-state index contributed by atoms with van der Waals surface area (Å²) in [5.74, 6) is -0.337. The number of aromatic hydroxyl groups is 1. The smallest absolute Gasteiger partial charge is 0.416 e. The van der Waals surface area contributed by atoms with Crippen molar-refractivity contribution in [1.29, 1.82) is 5.41 Å². The molecule has 0 saturated carbocycles. The zero-order valence-electron chi connectivity index (χ0n) is 20.9. The summed E-state index contributed by atoms with van der Waals surface area (Å²) in [6, 6.07) is 15.4. The van der Waals surface area contributed by atoms with Crippen LogP contribution in [0.2, 0.25) is 0 Å². The second-order valence-corrected chi connectivity index (χ2v) is 11.2. The van der Waals surface area contributed by atoms with Crippen molar-refractivity contribution in [2.75, 3.05) is 0 Å². The van der Waals surface area contributed by atoms with Crippen LogP contribution in [0.4, 0.5) is 17.6 Å². The predicted octanol–water partition coefficient (Wildman–Crippen LogP) is 9.02. The number of allylic oxidation sites excluding steroid dienone is 2. The Morgan fingerprint density at radius 3 is 2.33 bits per heavy atom. The van der Waals surface area contributed by atoms with Gasteiger partial charge in [0.2, 0.25) is 0 Å². The summed E-state index contributed by atoms with van der Waals surface area (Å²) in [5.41, 5.74) is 1.62. The lowest BCUT2D eigenvalue weighted by molar-refractivity contribution is -0.137. The Morgan fingerprint density at radius 1 is 1.05 bits per heavy atom. The second-order valence-electron chi connectivity index (χ2n) is 8.86. The average Bonchev–Trinajstić information content (AvgIpc) is 3.27. The Morgan fingerprint density at radius 2 is 1.72 bits per heavy atom. The van der Waals surface area contributed by atoms with E-state index in [0.717, 1.165) is 21.9 Å². The molecule has 0 saturated heterocycles. The van der Waals surface area contributed by atoms with Crippen molar-refractivity contribution < 1.29 is 27.8 Å². The van der Waals surface area contributed by atoms with E-state index in [9.17, 15) is 27.8 Å². The Labute approximate surface area is 231 Å². The van der Waals surface area contributed by atoms with Gasteiger partial charge in [0.25, 0.3) is 0 Å². The van der Waals surface area contributed by atoms with Crippen LogP contribution in [0.25, 0.3) is 10.6 Å². The normalized spacial score (nSPS) is 12.9. The molecule has 4 rings (SSSR count). The van der Waals surface area contributed by atoms with Gasteiger partial charge in [-0.15, -0.1) is 23.1 Å². The molecule has 0 aliphatic carbocycles. The van der Waals surface area contributed by atoms with Gasteiger partial charge in [-0.25, -0.2) is 9.37 Å². The summed E-state index contributed by atoms with van der Waals surface area (Å²) in [4.78, 5) is 6.24. The van der Waals surface area contributed by atoms with Crippen LogP contribution in [0.5, 0.6) is 5.75 Å². The first kappa shape index (κ1) is 28.4. The highest BCUT2D eigenvalue weighted by Crippen LogP contribution is 2.45. The van der Waals surface area contributed by atoms with Crippen LogP contribution in [0.3, 0.4) is 0 Å². The maximum Gasteiger partial charge on any atom is 0.416 e. The van der Waals surface area contributed by atoms with Gasteiger partial charge in [-0.05, 0) is 79.6 Å². The molecule has 1 heterocycles. The van der Waals surface area contributed by atoms with Gasteiger partial charge in [-0.2, -0.15) is 13.2 Å². The number of rotatable bonds is 8. The van der Waals surface area contributed by atoms with Gasteiger partial charge in [0.1, 0.15) is 16.6 Å². The molecule has 0 spiro atoms. The van der Waals surface area contributed by atoms with E-state index in [1.54, 1.807) is 26.0 Å². The number of thioether (sulfide) groups is 1. The Balaban J connectivity index is 1.65. The third-order valence-corrected chi connectivity index (χ3v) is 8.57. The molecule has 4 aromatic rings. The number of phenols is 1. The maximum absolute atomic E-state index is 13.3. The fourth-order valence-corrected chi connectivity index (χ4v) is 6.41. The summed E-state index contributed by atoms with van der Waals surface area (Å²) < 4.78 is 52.3. The van der Waals surface area contributed by atoms with Gasteiger partial charge in [0, 0.05) is 27.8 Å². The van der Waals surface area contributed by atoms with Crippen molar-refractivity contribution in [3.63, 3.8) is 0 Å². The topological polar surface area (TPSA) is 77.2 Å². The summed E-state index contributed by atoms with van der Waals surface area (Å²) in [5, 5.41) is 29.2. The molecule has 39 heavy (non-hydrogen) atoms. The predicted molar refractivity (Wildman–Crippen MR) is 147 cm³/mol. The lowest BCUT2D eigenvalue weighted by Gasteiger charge is -2.16. The summed E-state index contributed by atoms with van der Waals surface area (Å²) in [6.07, 6.45) is -2.99. The van der Waals surface area contributed by atoms with E-state index >= 15 is 0 Å². The van der Waals surface area contributed by atoms with Crippen LogP contribution in [-0.2, 0) is 6.18 Å². The summed E-state index contributed by atoms with van der Waals surface area (Å²) in [7, 11) is 0. The number of thiazole rings is 1. The van der Waals surface area contributed by atoms with Crippen molar-refractivity contribution in [1.82, 2.24) is 4.98 Å². The van der Waals surface area contributed by atoms with Gasteiger partial charge >= 0.3 is 6.18 Å². The molecule has 0 aliphatic rings. The van der Waals surface area contributed by atoms with E-state index in [0.29, 0.717) is 27.4 Å². The zero-order chi connectivity index (χ0) is 28.3. The van der Waals surface area contributed by atoms with E-state index in [2.05, 4.69) is 4.98 Å². The lowest BCUT2D eigenvalue weighted by atomic mass is 10.1. The first-order valence-corrected chi connectivity index (χ1v) is 13.5. The number of benzene rings is 3. The molecule has 1 atom stereocenters. The number of alkyl halides is 3. The zero-order valence-corrected chi connectivity index (χ0v) is 22.5. The van der Waals surface area contributed by atoms with Crippen molar-refractivity contribution in [2.45, 2.75) is 36.6 Å². The lowest BCUT2D eigenvalue weighted by Crippen LogP contribution is -2.03. The molecule has 10 heteroatoms. The number of halogens is 4. The van der Waals surface area contributed by atoms with Gasteiger partial charge in [-0.1, -0.05) is 12.1 Å². The number of hydrogen-bond acceptors (Lipinski definition) is 6. The van der Waals surface area contributed by atoms with Gasteiger partial charge in [0.15, 0.2) is 0 Å². The number of aromatic nitrogens is 1. The molecule has 202 valence electrons. The molecule has 3 aromatic carbocycles. The molecule has 0 radical (unpaired) electrons. The minimum atomic E-state index is -4.43. The maximum atomic E-state index is 13.3. The third kappa shape index (κ3) is 7.07. The van der Waals surface area contributed by atoms with Crippen LogP contribution in [0.1, 0.15) is 38.9 Å². The fraction of sp³-hybridized carbons (Fsp3) is 0.172. The standard InChI is InChI=1S/C29H24F4N2O2S2/c1-16-13-23(11-12-25(16)37)38-26(15-22(36)14-24(34)18-5-9-21(30)10-6-18)27-17(2)35-28(39-27)19-3-7-20(8-4-19)29(31,32)33/h3-14,26,34,36-37H,15H2,1-2H3/b22-14-,34-24?. The number of aryl methyl sites for hydroxylation is 2.